The number of benzene rings is 4. The van der Waals surface area contributed by atoms with E-state index in [1.54, 1.807) is 17.4 Å². The molecule has 0 spiro atoms. The molecule has 1 radical (unpaired) electrons. The average Bonchev–Trinajstić information content (AvgIpc) is 3.42. The summed E-state index contributed by atoms with van der Waals surface area (Å²) in [6.45, 7) is 17.2. The Bertz CT molecular complexity index is 2280. The molecule has 6 heteroatoms. The third-order valence-electron chi connectivity index (χ3n) is 8.61. The molecule has 7 rings (SSSR count). The molecule has 0 atom stereocenters. The first-order valence-corrected chi connectivity index (χ1v) is 20.6. The van der Waals surface area contributed by atoms with Gasteiger partial charge in [0.15, 0.2) is 0 Å². The number of thiophene rings is 1. The van der Waals surface area contributed by atoms with Gasteiger partial charge in [-0.25, -0.2) is 4.39 Å². The third-order valence-corrected chi connectivity index (χ3v) is 11.8. The third kappa shape index (κ3) is 7.84. The number of aromatic nitrogens is 2. The fourth-order valence-corrected chi connectivity index (χ4v) is 9.25. The zero-order valence-electron chi connectivity index (χ0n) is 30.3. The van der Waals surface area contributed by atoms with Crippen LogP contribution in [0.4, 0.5) is 4.39 Å². The summed E-state index contributed by atoms with van der Waals surface area (Å²) in [4.78, 5) is 9.26. The standard InChI is InChI=1S/C26H19FNS.C17H22NSi.Ir/c1-15-11-16(2)25(17(3)12-15)18-9-10-28-23(13-18)22-6-4-5-21-20-8-7-19(27)14-24(20)29-26(21)22;1-13(2)15-11-16(14-9-7-6-8-10-14)18-12-17(15)19(3,4)5;/h4-5,7-14H,1-3H3;6-9,11-13H,1-5H3;/q2*-1;/i;13D;. The minimum absolute atomic E-state index is 0. The smallest absolute Gasteiger partial charge is 0.124 e. The number of hydrogen-bond acceptors (Lipinski definition) is 3. The van der Waals surface area contributed by atoms with Crippen LogP contribution in [0.25, 0.3) is 53.8 Å². The van der Waals surface area contributed by atoms with Crippen LogP contribution in [0.15, 0.2) is 97.3 Å². The number of pyridine rings is 2. The van der Waals surface area contributed by atoms with Gasteiger partial charge < -0.3 is 9.97 Å². The molecule has 0 aliphatic carbocycles. The zero-order chi connectivity index (χ0) is 35.1. The quantitative estimate of drug-likeness (QED) is 0.127. The fraction of sp³-hybridized carbons (Fsp3) is 0.209. The number of rotatable bonds is 5. The van der Waals surface area contributed by atoms with E-state index in [1.807, 2.05) is 68.7 Å². The van der Waals surface area contributed by atoms with Gasteiger partial charge in [-0.3, -0.25) is 0 Å². The van der Waals surface area contributed by atoms with Crippen molar-refractivity contribution in [1.82, 2.24) is 9.97 Å². The monoisotopic (exact) mass is 858 g/mol. The van der Waals surface area contributed by atoms with Crippen molar-refractivity contribution >= 4 is 44.8 Å². The Morgan fingerprint density at radius 2 is 1.57 bits per heavy atom. The molecule has 0 aliphatic rings. The van der Waals surface area contributed by atoms with Gasteiger partial charge in [-0.2, -0.15) is 11.3 Å². The molecule has 7 aromatic rings. The molecule has 251 valence electrons. The van der Waals surface area contributed by atoms with Crippen LogP contribution in [0.1, 0.15) is 43.4 Å². The summed E-state index contributed by atoms with van der Waals surface area (Å²) in [7, 11) is -1.50. The van der Waals surface area contributed by atoms with Crippen molar-refractivity contribution in [3.63, 3.8) is 0 Å². The van der Waals surface area contributed by atoms with Gasteiger partial charge in [0, 0.05) is 38.6 Å². The molecule has 0 bridgehead atoms. The van der Waals surface area contributed by atoms with Crippen LogP contribution in [0, 0.1) is 38.7 Å². The van der Waals surface area contributed by atoms with Gasteiger partial charge in [-0.15, -0.1) is 59.7 Å². The van der Waals surface area contributed by atoms with E-state index in [0.29, 0.717) is 0 Å². The summed E-state index contributed by atoms with van der Waals surface area (Å²) < 4.78 is 24.2. The Hall–Kier alpha value is -3.80. The zero-order valence-corrected chi connectivity index (χ0v) is 33.5. The van der Waals surface area contributed by atoms with E-state index < -0.39 is 14.0 Å². The van der Waals surface area contributed by atoms with Crippen molar-refractivity contribution in [3.8, 4) is 33.6 Å². The van der Waals surface area contributed by atoms with Crippen LogP contribution >= 0.6 is 11.3 Å². The van der Waals surface area contributed by atoms with Crippen LogP contribution in [0.2, 0.25) is 19.6 Å². The molecule has 0 N–H and O–H groups in total. The van der Waals surface area contributed by atoms with Gasteiger partial charge in [0.2, 0.25) is 0 Å². The second-order valence-corrected chi connectivity index (χ2v) is 19.8. The first-order chi connectivity index (χ1) is 23.2. The van der Waals surface area contributed by atoms with Gasteiger partial charge >= 0.3 is 0 Å². The van der Waals surface area contributed by atoms with E-state index in [1.165, 1.54) is 33.5 Å². The summed E-state index contributed by atoms with van der Waals surface area (Å²) in [5, 5.41) is 3.47. The first-order valence-electron chi connectivity index (χ1n) is 16.8. The Labute approximate surface area is 310 Å². The molecule has 3 heterocycles. The van der Waals surface area contributed by atoms with Crippen molar-refractivity contribution in [2.24, 2.45) is 0 Å². The predicted molar refractivity (Wildman–Crippen MR) is 207 cm³/mol. The van der Waals surface area contributed by atoms with Gasteiger partial charge in [-0.05, 0) is 93.8 Å². The van der Waals surface area contributed by atoms with Gasteiger partial charge in [-0.1, -0.05) is 80.3 Å². The Kier molecular flexibility index (Phi) is 10.7. The predicted octanol–water partition coefficient (Wildman–Crippen LogP) is 11.9. The molecule has 0 unspecified atom stereocenters. The average molecular weight is 858 g/mol. The van der Waals surface area contributed by atoms with Crippen molar-refractivity contribution in [1.29, 1.82) is 0 Å². The maximum atomic E-state index is 13.7. The van der Waals surface area contributed by atoms with Gasteiger partial charge in [0.25, 0.3) is 0 Å². The summed E-state index contributed by atoms with van der Waals surface area (Å²) in [6.07, 6.45) is 3.84. The molecule has 49 heavy (non-hydrogen) atoms. The molecular weight excluding hydrogens is 816 g/mol. The van der Waals surface area contributed by atoms with Crippen LogP contribution in [0.3, 0.4) is 0 Å². The minimum atomic E-state index is -1.50. The second kappa shape index (κ2) is 15.0. The van der Waals surface area contributed by atoms with E-state index in [9.17, 15) is 4.39 Å². The second-order valence-electron chi connectivity index (χ2n) is 13.7. The molecule has 0 fully saturated rings. The normalized spacial score (nSPS) is 11.9. The van der Waals surface area contributed by atoms with Gasteiger partial charge in [0.05, 0.1) is 8.07 Å². The Morgan fingerprint density at radius 1 is 0.816 bits per heavy atom. The van der Waals surface area contributed by atoms with Crippen molar-refractivity contribution in [2.45, 2.75) is 60.2 Å². The van der Waals surface area contributed by atoms with E-state index in [2.05, 4.69) is 92.8 Å². The number of nitrogens with zero attached hydrogens (tertiary/aromatic N) is 2. The van der Waals surface area contributed by atoms with Crippen LogP contribution in [0.5, 0.6) is 0 Å². The van der Waals surface area contributed by atoms with Crippen molar-refractivity contribution < 1.29 is 25.9 Å². The van der Waals surface area contributed by atoms with Crippen molar-refractivity contribution in [3.05, 3.63) is 138 Å². The van der Waals surface area contributed by atoms with E-state index in [-0.39, 0.29) is 25.9 Å². The van der Waals surface area contributed by atoms with Crippen molar-refractivity contribution in [2.75, 3.05) is 0 Å². The van der Waals surface area contributed by atoms with E-state index >= 15 is 0 Å². The summed E-state index contributed by atoms with van der Waals surface area (Å²) in [5.74, 6) is -0.817. The fourth-order valence-electron chi connectivity index (χ4n) is 6.43. The number of hydrogen-bond donors (Lipinski definition) is 0. The van der Waals surface area contributed by atoms with E-state index in [0.717, 1.165) is 53.8 Å². The molecule has 2 nitrogen and oxygen atoms in total. The molecule has 0 aliphatic heterocycles. The maximum Gasteiger partial charge on any atom is 0.124 e. The van der Waals surface area contributed by atoms with Gasteiger partial charge in [0.1, 0.15) is 5.82 Å². The number of fused-ring (bicyclic) bond motifs is 3. The van der Waals surface area contributed by atoms with Crippen LogP contribution in [-0.2, 0) is 20.1 Å². The summed E-state index contributed by atoms with van der Waals surface area (Å²) in [5.41, 5.74) is 11.1. The summed E-state index contributed by atoms with van der Waals surface area (Å²) in [6, 6.07) is 34.1. The molecule has 0 saturated carbocycles. The summed E-state index contributed by atoms with van der Waals surface area (Å²) >= 11 is 1.60. The number of aryl methyl sites for hydroxylation is 3. The topological polar surface area (TPSA) is 25.8 Å². The largest absolute Gasteiger partial charge is 0.305 e. The molecule has 0 saturated heterocycles. The molecular formula is C43H41FIrN2SSi-2. The first kappa shape index (κ1) is 35.0. The maximum absolute atomic E-state index is 13.7. The van der Waals surface area contributed by atoms with Crippen LogP contribution < -0.4 is 5.19 Å². The SMILES string of the molecule is Cc1cc(C)c(-c2ccnc(-c3[c-]ccc4c3sc3cc(F)ccc34)c2)c(C)c1.[2H]C(C)(C)c1cc(-c2[c-]cccc2)ncc1[Si](C)(C)C.[Ir]. The van der Waals surface area contributed by atoms with Crippen LogP contribution in [-0.4, -0.2) is 18.0 Å². The molecule has 4 aromatic carbocycles. The Morgan fingerprint density at radius 3 is 2.24 bits per heavy atom. The molecule has 3 aromatic heterocycles. The Balaban J connectivity index is 0.000000204. The minimum Gasteiger partial charge on any atom is -0.305 e. The number of halogens is 1. The molecule has 0 amide bonds. The van der Waals surface area contributed by atoms with E-state index in [4.69, 9.17) is 1.37 Å².